The van der Waals surface area contributed by atoms with E-state index in [0.717, 1.165) is 6.42 Å². The topological polar surface area (TPSA) is 120 Å². The van der Waals surface area contributed by atoms with Crippen LogP contribution >= 0.6 is 0 Å². The van der Waals surface area contributed by atoms with Crippen LogP contribution in [-0.4, -0.2) is 36.0 Å². The molecule has 1 aromatic rings. The first-order valence-corrected chi connectivity index (χ1v) is 7.56. The molecule has 3 rings (SSSR count). The van der Waals surface area contributed by atoms with Gasteiger partial charge in [0.1, 0.15) is 0 Å². The summed E-state index contributed by atoms with van der Waals surface area (Å²) >= 11 is 0. The van der Waals surface area contributed by atoms with Gasteiger partial charge in [-0.25, -0.2) is 0 Å². The molecule has 9 nitrogen and oxygen atoms in total. The number of nitro groups is 1. The van der Waals surface area contributed by atoms with E-state index >= 15 is 0 Å². The minimum absolute atomic E-state index is 0.0103. The zero-order valence-corrected chi connectivity index (χ0v) is 13.1. The number of carbonyl (C=O) groups is 1. The van der Waals surface area contributed by atoms with E-state index in [1.54, 1.807) is 11.2 Å². The van der Waals surface area contributed by atoms with Gasteiger partial charge in [0.05, 0.1) is 21.8 Å². The molecule has 0 radical (unpaired) electrons. The second kappa shape index (κ2) is 6.26. The van der Waals surface area contributed by atoms with Crippen molar-refractivity contribution in [2.75, 3.05) is 25.6 Å². The number of amides is 1. The fourth-order valence-corrected chi connectivity index (χ4v) is 2.92. The molecule has 1 saturated heterocycles. The summed E-state index contributed by atoms with van der Waals surface area (Å²) < 4.78 is 4.60. The molecule has 0 aromatic heterocycles. The maximum atomic E-state index is 11.7. The average Bonchev–Trinajstić information content (AvgIpc) is 3.15. The standard InChI is InChI=1S/C15H18N4O5/c1-24-15(21)11-7-12-10(6-13(11)19(22)23)8-18(17-12)5-3-9-2-4-16-14(9)20/h6-9,17,21H,2-5H2,1H3,(H,16,20)/p-1. The molecule has 1 atom stereocenters. The summed E-state index contributed by atoms with van der Waals surface area (Å²) in [4.78, 5) is 22.1. The van der Waals surface area contributed by atoms with E-state index in [9.17, 15) is 20.0 Å². The number of non-ortho nitro benzene ring substituents is 1. The Morgan fingerprint density at radius 3 is 2.92 bits per heavy atom. The second-order valence-electron chi connectivity index (χ2n) is 5.70. The number of rotatable bonds is 5. The number of nitrogens with zero attached hydrogens (tertiary/aromatic N) is 2. The van der Waals surface area contributed by atoms with Crippen molar-refractivity contribution in [3.05, 3.63) is 32.7 Å². The molecule has 2 N–H and O–H groups in total. The molecule has 9 heteroatoms. The van der Waals surface area contributed by atoms with Gasteiger partial charge in [-0.05, 0) is 26.0 Å². The van der Waals surface area contributed by atoms with Crippen LogP contribution in [0.25, 0.3) is 12.1 Å². The number of ether oxygens (including phenoxy) is 1. The molecule has 2 aliphatic rings. The lowest BCUT2D eigenvalue weighted by Crippen LogP contribution is -2.27. The first-order valence-electron chi connectivity index (χ1n) is 7.56. The molecule has 2 aliphatic heterocycles. The van der Waals surface area contributed by atoms with Gasteiger partial charge < -0.3 is 15.2 Å². The van der Waals surface area contributed by atoms with Gasteiger partial charge in [0, 0.05) is 36.5 Å². The van der Waals surface area contributed by atoms with Crippen LogP contribution in [0.15, 0.2) is 12.1 Å². The molecule has 1 unspecified atom stereocenters. The van der Waals surface area contributed by atoms with Crippen molar-refractivity contribution in [2.24, 2.45) is 5.92 Å². The summed E-state index contributed by atoms with van der Waals surface area (Å²) in [6, 6.07) is 2.76. The third-order valence-electron chi connectivity index (χ3n) is 4.21. The van der Waals surface area contributed by atoms with Crippen LogP contribution in [0.4, 0.5) is 11.4 Å². The lowest BCUT2D eigenvalue weighted by molar-refractivity contribution is -0.386. The zero-order chi connectivity index (χ0) is 17.3. The van der Waals surface area contributed by atoms with Crippen LogP contribution in [0.2, 0.25) is 0 Å². The van der Waals surface area contributed by atoms with E-state index in [-0.39, 0.29) is 22.7 Å². The smallest absolute Gasteiger partial charge is 0.279 e. The van der Waals surface area contributed by atoms with E-state index in [1.165, 1.54) is 19.2 Å². The number of carbonyl (C=O) groups excluding carboxylic acids is 1. The van der Waals surface area contributed by atoms with Crippen molar-refractivity contribution in [1.82, 2.24) is 10.3 Å². The Hall–Kier alpha value is -2.97. The SMILES string of the molecule is COC([O-])=c1cc2c(cc1[N+](=O)[O-])=CN(CCC1CCNC1=O)N2. The molecule has 24 heavy (non-hydrogen) atoms. The van der Waals surface area contributed by atoms with Gasteiger partial charge >= 0.3 is 0 Å². The van der Waals surface area contributed by atoms with Gasteiger partial charge in [-0.2, -0.15) is 0 Å². The van der Waals surface area contributed by atoms with Crippen molar-refractivity contribution in [2.45, 2.75) is 12.8 Å². The Morgan fingerprint density at radius 1 is 1.50 bits per heavy atom. The predicted molar refractivity (Wildman–Crippen MR) is 83.3 cm³/mol. The highest BCUT2D eigenvalue weighted by molar-refractivity contribution is 5.80. The number of benzene rings is 1. The summed E-state index contributed by atoms with van der Waals surface area (Å²) in [7, 11) is 1.18. The van der Waals surface area contributed by atoms with Crippen LogP contribution in [0.5, 0.6) is 0 Å². The summed E-state index contributed by atoms with van der Waals surface area (Å²) in [5.41, 5.74) is 3.37. The first kappa shape index (κ1) is 15.9. The largest absolute Gasteiger partial charge is 0.616 e. The minimum Gasteiger partial charge on any atom is -0.616 e. The van der Waals surface area contributed by atoms with E-state index in [0.29, 0.717) is 30.4 Å². The number of fused-ring (bicyclic) bond motifs is 1. The van der Waals surface area contributed by atoms with Crippen LogP contribution in [0.1, 0.15) is 12.8 Å². The van der Waals surface area contributed by atoms with Gasteiger partial charge in [-0.15, -0.1) is 0 Å². The molecule has 0 aliphatic carbocycles. The Kier molecular flexibility index (Phi) is 4.15. The third-order valence-corrected chi connectivity index (χ3v) is 4.21. The molecule has 0 spiro atoms. The molecule has 1 fully saturated rings. The van der Waals surface area contributed by atoms with E-state index in [1.807, 2.05) is 0 Å². The van der Waals surface area contributed by atoms with Crippen molar-refractivity contribution >= 4 is 29.4 Å². The monoisotopic (exact) mass is 333 g/mol. The van der Waals surface area contributed by atoms with E-state index < -0.39 is 10.9 Å². The fraction of sp³-hybridized carbons (Fsp3) is 0.400. The fourth-order valence-electron chi connectivity index (χ4n) is 2.92. The lowest BCUT2D eigenvalue weighted by atomic mass is 10.0. The number of hydrogen-bond donors (Lipinski definition) is 2. The second-order valence-corrected chi connectivity index (χ2v) is 5.70. The van der Waals surface area contributed by atoms with Gasteiger partial charge in [0.15, 0.2) is 0 Å². The number of methoxy groups -OCH3 is 1. The normalized spacial score (nSPS) is 20.0. The lowest BCUT2D eigenvalue weighted by Gasteiger charge is -2.19. The molecular weight excluding hydrogens is 316 g/mol. The van der Waals surface area contributed by atoms with Crippen LogP contribution in [0.3, 0.4) is 0 Å². The number of hydrogen-bond acceptors (Lipinski definition) is 7. The summed E-state index contributed by atoms with van der Waals surface area (Å²) in [6.45, 7) is 1.28. The Morgan fingerprint density at radius 2 is 2.29 bits per heavy atom. The highest BCUT2D eigenvalue weighted by atomic mass is 16.6. The van der Waals surface area contributed by atoms with Crippen LogP contribution < -0.4 is 26.3 Å². The molecule has 0 saturated carbocycles. The van der Waals surface area contributed by atoms with Gasteiger partial charge in [0.25, 0.3) is 5.69 Å². The van der Waals surface area contributed by atoms with Crippen molar-refractivity contribution in [3.63, 3.8) is 0 Å². The maximum absolute atomic E-state index is 11.7. The molecule has 128 valence electrons. The van der Waals surface area contributed by atoms with Gasteiger partial charge in [-0.1, -0.05) is 0 Å². The van der Waals surface area contributed by atoms with Gasteiger partial charge in [-0.3, -0.25) is 25.3 Å². The number of nitro benzene ring substituents is 1. The summed E-state index contributed by atoms with van der Waals surface area (Å²) in [5, 5.41) is 28.0. The van der Waals surface area contributed by atoms with Crippen molar-refractivity contribution in [1.29, 1.82) is 0 Å². The van der Waals surface area contributed by atoms with Crippen molar-refractivity contribution in [3.8, 4) is 0 Å². The van der Waals surface area contributed by atoms with Crippen LogP contribution in [0, 0.1) is 16.0 Å². The van der Waals surface area contributed by atoms with E-state index in [4.69, 9.17) is 0 Å². The number of anilines is 1. The average molecular weight is 333 g/mol. The third kappa shape index (κ3) is 2.92. The quantitative estimate of drug-likeness (QED) is 0.501. The molecule has 1 aromatic carbocycles. The Labute approximate surface area is 137 Å². The molecule has 1 amide bonds. The predicted octanol–water partition coefficient (Wildman–Crippen LogP) is -1.43. The summed E-state index contributed by atoms with van der Waals surface area (Å²) in [6.07, 6.45) is 3.23. The number of hydrazine groups is 1. The molecular formula is C15H17N4O5-. The molecule has 2 heterocycles. The number of nitrogens with one attached hydrogen (secondary N) is 2. The maximum Gasteiger partial charge on any atom is 0.279 e. The minimum atomic E-state index is -0.757. The van der Waals surface area contributed by atoms with Crippen LogP contribution in [-0.2, 0) is 9.53 Å². The highest BCUT2D eigenvalue weighted by Gasteiger charge is 2.25. The first-order chi connectivity index (χ1) is 11.5. The molecule has 0 bridgehead atoms. The Bertz CT molecular complexity index is 807. The summed E-state index contributed by atoms with van der Waals surface area (Å²) in [5.74, 6) is -0.702. The highest BCUT2D eigenvalue weighted by Crippen LogP contribution is 2.17. The Balaban J connectivity index is 1.83. The van der Waals surface area contributed by atoms with Crippen molar-refractivity contribution < 1.29 is 19.6 Å². The zero-order valence-electron chi connectivity index (χ0n) is 13.1. The van der Waals surface area contributed by atoms with Gasteiger partial charge in [0.2, 0.25) is 5.91 Å². The van der Waals surface area contributed by atoms with E-state index in [2.05, 4.69) is 15.5 Å².